The number of aliphatic hydroxyl groups is 1. The number of hydrogen-bond acceptors (Lipinski definition) is 4. The molecule has 4 heteroatoms. The molecule has 1 aromatic rings. The van der Waals surface area contributed by atoms with Crippen LogP contribution in [0.15, 0.2) is 24.3 Å². The minimum absolute atomic E-state index is 0.286. The van der Waals surface area contributed by atoms with E-state index in [1.807, 2.05) is 31.0 Å². The number of likely N-dealkylation sites (N-methyl/N-ethyl adjacent to an activating group) is 1. The Balaban J connectivity index is 2.34. The molecule has 0 spiro atoms. The maximum Gasteiger partial charge on any atom is 0.121 e. The first-order valence-electron chi connectivity index (χ1n) is 5.46. The number of nitrogens with two attached hydrogens (primary N) is 1. The Labute approximate surface area is 96.6 Å². The SMILES string of the molecule is CCN(C)CC(O)COc1cccc(N)c1. The highest BCUT2D eigenvalue weighted by molar-refractivity contribution is 5.43. The number of benzene rings is 1. The summed E-state index contributed by atoms with van der Waals surface area (Å²) >= 11 is 0. The minimum Gasteiger partial charge on any atom is -0.491 e. The summed E-state index contributed by atoms with van der Waals surface area (Å²) in [5.41, 5.74) is 6.28. The molecule has 0 aliphatic rings. The molecule has 0 saturated heterocycles. The zero-order chi connectivity index (χ0) is 12.0. The molecule has 0 heterocycles. The van der Waals surface area contributed by atoms with Crippen LogP contribution in [0.3, 0.4) is 0 Å². The number of nitrogens with zero attached hydrogens (tertiary/aromatic N) is 1. The van der Waals surface area contributed by atoms with E-state index >= 15 is 0 Å². The maximum atomic E-state index is 9.68. The van der Waals surface area contributed by atoms with Gasteiger partial charge in [-0.25, -0.2) is 0 Å². The second kappa shape index (κ2) is 6.35. The van der Waals surface area contributed by atoms with Gasteiger partial charge >= 0.3 is 0 Å². The average Bonchev–Trinajstić information content (AvgIpc) is 2.26. The van der Waals surface area contributed by atoms with Gasteiger partial charge in [0.25, 0.3) is 0 Å². The van der Waals surface area contributed by atoms with E-state index in [2.05, 4.69) is 0 Å². The Bertz CT molecular complexity index is 318. The molecule has 0 radical (unpaired) electrons. The van der Waals surface area contributed by atoms with E-state index in [-0.39, 0.29) is 6.61 Å². The van der Waals surface area contributed by atoms with Crippen LogP contribution in [0.25, 0.3) is 0 Å². The van der Waals surface area contributed by atoms with Crippen LogP contribution in [-0.2, 0) is 0 Å². The van der Waals surface area contributed by atoms with Gasteiger partial charge in [-0.2, -0.15) is 0 Å². The molecule has 0 fully saturated rings. The van der Waals surface area contributed by atoms with Crippen molar-refractivity contribution in [3.8, 4) is 5.75 Å². The lowest BCUT2D eigenvalue weighted by molar-refractivity contribution is 0.0779. The van der Waals surface area contributed by atoms with E-state index in [0.717, 1.165) is 6.54 Å². The molecule has 0 aliphatic carbocycles. The van der Waals surface area contributed by atoms with Crippen molar-refractivity contribution in [2.45, 2.75) is 13.0 Å². The summed E-state index contributed by atoms with van der Waals surface area (Å²) < 4.78 is 5.44. The molecule has 0 saturated carbocycles. The van der Waals surface area contributed by atoms with Gasteiger partial charge in [-0.15, -0.1) is 0 Å². The smallest absolute Gasteiger partial charge is 0.121 e. The van der Waals surface area contributed by atoms with Crippen molar-refractivity contribution in [1.29, 1.82) is 0 Å². The predicted octanol–water partition coefficient (Wildman–Crippen LogP) is 0.960. The fourth-order valence-corrected chi connectivity index (χ4v) is 1.34. The first-order chi connectivity index (χ1) is 7.61. The van der Waals surface area contributed by atoms with E-state index in [4.69, 9.17) is 10.5 Å². The van der Waals surface area contributed by atoms with Crippen molar-refractivity contribution in [2.75, 3.05) is 32.5 Å². The molecule has 1 unspecified atom stereocenters. The largest absolute Gasteiger partial charge is 0.491 e. The summed E-state index contributed by atoms with van der Waals surface area (Å²) in [5.74, 6) is 0.693. The third kappa shape index (κ3) is 4.51. The van der Waals surface area contributed by atoms with Crippen LogP contribution in [-0.4, -0.2) is 42.9 Å². The van der Waals surface area contributed by atoms with E-state index in [0.29, 0.717) is 18.0 Å². The van der Waals surface area contributed by atoms with E-state index in [1.54, 1.807) is 12.1 Å². The first-order valence-corrected chi connectivity index (χ1v) is 5.46. The number of ether oxygens (including phenoxy) is 1. The van der Waals surface area contributed by atoms with Crippen molar-refractivity contribution in [3.05, 3.63) is 24.3 Å². The van der Waals surface area contributed by atoms with Crippen LogP contribution in [0.1, 0.15) is 6.92 Å². The van der Waals surface area contributed by atoms with Gasteiger partial charge in [0, 0.05) is 18.3 Å². The van der Waals surface area contributed by atoms with E-state index < -0.39 is 6.10 Å². The number of anilines is 1. The summed E-state index contributed by atoms with van der Waals surface area (Å²) in [7, 11) is 1.96. The Morgan fingerprint density at radius 1 is 1.50 bits per heavy atom. The van der Waals surface area contributed by atoms with Gasteiger partial charge in [-0.1, -0.05) is 13.0 Å². The normalized spacial score (nSPS) is 12.8. The zero-order valence-electron chi connectivity index (χ0n) is 9.89. The Kier molecular flexibility index (Phi) is 5.08. The second-order valence-corrected chi connectivity index (χ2v) is 3.89. The molecule has 16 heavy (non-hydrogen) atoms. The fraction of sp³-hybridized carbons (Fsp3) is 0.500. The molecule has 0 amide bonds. The highest BCUT2D eigenvalue weighted by Gasteiger charge is 2.07. The van der Waals surface area contributed by atoms with Crippen molar-refractivity contribution in [2.24, 2.45) is 0 Å². The van der Waals surface area contributed by atoms with E-state index in [9.17, 15) is 5.11 Å². The van der Waals surface area contributed by atoms with Crippen LogP contribution in [0, 0.1) is 0 Å². The number of rotatable bonds is 6. The summed E-state index contributed by atoms with van der Waals surface area (Å²) in [6.07, 6.45) is -0.480. The zero-order valence-corrected chi connectivity index (χ0v) is 9.89. The van der Waals surface area contributed by atoms with Gasteiger partial charge in [-0.3, -0.25) is 0 Å². The molecule has 4 nitrogen and oxygen atoms in total. The Morgan fingerprint density at radius 3 is 2.88 bits per heavy atom. The van der Waals surface area contributed by atoms with Crippen molar-refractivity contribution < 1.29 is 9.84 Å². The molecule has 1 aromatic carbocycles. The minimum atomic E-state index is -0.480. The Hall–Kier alpha value is -1.26. The van der Waals surface area contributed by atoms with Crippen LogP contribution in [0.4, 0.5) is 5.69 Å². The Morgan fingerprint density at radius 2 is 2.25 bits per heavy atom. The molecule has 3 N–H and O–H groups in total. The molecule has 0 bridgehead atoms. The molecule has 0 aliphatic heterocycles. The molecular formula is C12H20N2O2. The third-order valence-corrected chi connectivity index (χ3v) is 2.36. The molecule has 0 aromatic heterocycles. The number of nitrogen functional groups attached to an aromatic ring is 1. The quantitative estimate of drug-likeness (QED) is 0.707. The lowest BCUT2D eigenvalue weighted by Crippen LogP contribution is -2.32. The van der Waals surface area contributed by atoms with Crippen molar-refractivity contribution >= 4 is 5.69 Å². The number of aliphatic hydroxyl groups excluding tert-OH is 1. The van der Waals surface area contributed by atoms with Gasteiger partial charge < -0.3 is 20.5 Å². The van der Waals surface area contributed by atoms with Gasteiger partial charge in [0.1, 0.15) is 18.5 Å². The molecule has 90 valence electrons. The standard InChI is InChI=1S/C12H20N2O2/c1-3-14(2)8-11(15)9-16-12-6-4-5-10(13)7-12/h4-7,11,15H,3,8-9,13H2,1-2H3. The van der Waals surface area contributed by atoms with Crippen LogP contribution in [0.2, 0.25) is 0 Å². The molecule has 1 rings (SSSR count). The molecular weight excluding hydrogens is 204 g/mol. The predicted molar refractivity (Wildman–Crippen MR) is 65.5 cm³/mol. The first kappa shape index (κ1) is 12.8. The van der Waals surface area contributed by atoms with Crippen molar-refractivity contribution in [3.63, 3.8) is 0 Å². The van der Waals surface area contributed by atoms with Gasteiger partial charge in [0.05, 0.1) is 0 Å². The second-order valence-electron chi connectivity index (χ2n) is 3.89. The highest BCUT2D eigenvalue weighted by atomic mass is 16.5. The lowest BCUT2D eigenvalue weighted by Gasteiger charge is -2.19. The lowest BCUT2D eigenvalue weighted by atomic mass is 10.3. The summed E-state index contributed by atoms with van der Waals surface area (Å²) in [4.78, 5) is 2.04. The van der Waals surface area contributed by atoms with Gasteiger partial charge in [0.2, 0.25) is 0 Å². The summed E-state index contributed by atoms with van der Waals surface area (Å²) in [6.45, 7) is 3.85. The summed E-state index contributed by atoms with van der Waals surface area (Å²) in [6, 6.07) is 7.20. The fourth-order valence-electron chi connectivity index (χ4n) is 1.34. The van der Waals surface area contributed by atoms with Crippen LogP contribution < -0.4 is 10.5 Å². The maximum absolute atomic E-state index is 9.68. The third-order valence-electron chi connectivity index (χ3n) is 2.36. The number of hydrogen-bond donors (Lipinski definition) is 2. The van der Waals surface area contributed by atoms with Gasteiger partial charge in [0.15, 0.2) is 0 Å². The highest BCUT2D eigenvalue weighted by Crippen LogP contribution is 2.14. The average molecular weight is 224 g/mol. The van der Waals surface area contributed by atoms with E-state index in [1.165, 1.54) is 0 Å². The monoisotopic (exact) mass is 224 g/mol. The van der Waals surface area contributed by atoms with Gasteiger partial charge in [-0.05, 0) is 25.7 Å². The van der Waals surface area contributed by atoms with Crippen LogP contribution in [0.5, 0.6) is 5.75 Å². The van der Waals surface area contributed by atoms with Crippen molar-refractivity contribution in [1.82, 2.24) is 4.90 Å². The molecule has 1 atom stereocenters. The van der Waals surface area contributed by atoms with Crippen LogP contribution >= 0.6 is 0 Å². The summed E-state index contributed by atoms with van der Waals surface area (Å²) in [5, 5.41) is 9.68. The topological polar surface area (TPSA) is 58.7 Å².